The van der Waals surface area contributed by atoms with Gasteiger partial charge in [0.15, 0.2) is 0 Å². The molecule has 0 aromatic carbocycles. The molecule has 146 valence electrons. The van der Waals surface area contributed by atoms with Crippen LogP contribution in [-0.2, 0) is 0 Å². The Morgan fingerprint density at radius 3 is 1.54 bits per heavy atom. The zero-order chi connectivity index (χ0) is 18.6. The van der Waals surface area contributed by atoms with Crippen molar-refractivity contribution in [3.63, 3.8) is 0 Å². The molecule has 0 saturated heterocycles. The Morgan fingerprint density at radius 1 is 0.750 bits per heavy atom. The summed E-state index contributed by atoms with van der Waals surface area (Å²) < 4.78 is 40.8. The highest BCUT2D eigenvalue weighted by molar-refractivity contribution is 8.77. The Morgan fingerprint density at radius 2 is 1.21 bits per heavy atom. The van der Waals surface area contributed by atoms with Crippen LogP contribution in [0.5, 0.6) is 0 Å². The molecule has 1 atom stereocenters. The molecule has 0 N–H and O–H groups in total. The van der Waals surface area contributed by atoms with Gasteiger partial charge in [-0.1, -0.05) is 108 Å². The van der Waals surface area contributed by atoms with Crippen molar-refractivity contribution < 1.29 is 13.2 Å². The summed E-state index contributed by atoms with van der Waals surface area (Å²) in [5.74, 6) is -0.237. The van der Waals surface area contributed by atoms with Crippen LogP contribution in [0.2, 0.25) is 0 Å². The summed E-state index contributed by atoms with van der Waals surface area (Å²) >= 11 is 0. The molecule has 24 heavy (non-hydrogen) atoms. The molecule has 0 aliphatic carbocycles. The molecule has 0 saturated carbocycles. The van der Waals surface area contributed by atoms with Gasteiger partial charge < -0.3 is 0 Å². The minimum Gasteiger partial charge on any atom is -0.170 e. The normalized spacial score (nSPS) is 14.4. The van der Waals surface area contributed by atoms with Gasteiger partial charge in [0.1, 0.15) is 5.25 Å². The van der Waals surface area contributed by atoms with Crippen LogP contribution >= 0.6 is 21.6 Å². The smallest absolute Gasteiger partial charge is 0.170 e. The highest BCUT2D eigenvalue weighted by Gasteiger charge is 2.45. The fourth-order valence-electron chi connectivity index (χ4n) is 2.71. The van der Waals surface area contributed by atoms with E-state index in [9.17, 15) is 13.2 Å². The molecule has 0 radical (unpaired) electrons. The summed E-state index contributed by atoms with van der Waals surface area (Å²) in [5, 5.41) is -1.23. The van der Waals surface area contributed by atoms with Crippen LogP contribution in [0.4, 0.5) is 13.2 Å². The number of unbranched alkanes of at least 4 members (excludes halogenated alkanes) is 6. The van der Waals surface area contributed by atoms with E-state index in [-0.39, 0.29) is 10.7 Å². The molecule has 0 aliphatic rings. The Hall–Kier alpha value is 0.490. The maximum atomic E-state index is 13.7. The van der Waals surface area contributed by atoms with Crippen LogP contribution in [0.15, 0.2) is 0 Å². The highest BCUT2D eigenvalue weighted by atomic mass is 33.1. The Bertz CT molecular complexity index is 286. The quantitative estimate of drug-likeness (QED) is 0.229. The van der Waals surface area contributed by atoms with E-state index < -0.39 is 11.4 Å². The van der Waals surface area contributed by atoms with Gasteiger partial charge in [0, 0.05) is 4.75 Å². The maximum absolute atomic E-state index is 13.7. The minimum atomic E-state index is -4.11. The van der Waals surface area contributed by atoms with Gasteiger partial charge in [-0.2, -0.15) is 13.2 Å². The van der Waals surface area contributed by atoms with E-state index in [4.69, 9.17) is 0 Å². The fraction of sp³-hybridized carbons (Fsp3) is 1.00. The van der Waals surface area contributed by atoms with Gasteiger partial charge in [-0.25, -0.2) is 0 Å². The molecule has 0 fully saturated rings. The van der Waals surface area contributed by atoms with Crippen molar-refractivity contribution >= 4 is 21.6 Å². The molecule has 0 nitrogen and oxygen atoms in total. The first kappa shape index (κ1) is 24.5. The van der Waals surface area contributed by atoms with Gasteiger partial charge in [0.2, 0.25) is 0 Å². The topological polar surface area (TPSA) is 0 Å². The van der Waals surface area contributed by atoms with Crippen molar-refractivity contribution in [2.24, 2.45) is 5.92 Å². The molecule has 0 aromatic heterocycles. The molecule has 0 amide bonds. The first-order chi connectivity index (χ1) is 11.1. The maximum Gasteiger partial charge on any atom is 0.401 e. The Balaban J connectivity index is 4.80. The lowest BCUT2D eigenvalue weighted by atomic mass is 9.91. The van der Waals surface area contributed by atoms with Crippen molar-refractivity contribution in [2.45, 2.75) is 115 Å². The van der Waals surface area contributed by atoms with Gasteiger partial charge in [0.05, 0.1) is 0 Å². The molecule has 0 aromatic rings. The van der Waals surface area contributed by atoms with Crippen molar-refractivity contribution in [3.05, 3.63) is 0 Å². The van der Waals surface area contributed by atoms with Gasteiger partial charge in [-0.3, -0.25) is 0 Å². The largest absolute Gasteiger partial charge is 0.401 e. The second-order valence-electron chi connectivity index (χ2n) is 7.71. The lowest BCUT2D eigenvalue weighted by molar-refractivity contribution is -0.138. The van der Waals surface area contributed by atoms with Crippen molar-refractivity contribution in [1.82, 2.24) is 0 Å². The van der Waals surface area contributed by atoms with E-state index in [1.54, 1.807) is 0 Å². The third-order valence-electron chi connectivity index (χ3n) is 4.01. The first-order valence-corrected chi connectivity index (χ1v) is 11.7. The van der Waals surface area contributed by atoms with Crippen LogP contribution in [0.25, 0.3) is 0 Å². The van der Waals surface area contributed by atoms with Crippen LogP contribution in [0, 0.1) is 5.92 Å². The molecule has 0 heterocycles. The van der Waals surface area contributed by atoms with E-state index in [1.165, 1.54) is 10.8 Å². The van der Waals surface area contributed by atoms with Crippen LogP contribution < -0.4 is 0 Å². The predicted octanol–water partition coefficient (Wildman–Crippen LogP) is 8.65. The summed E-state index contributed by atoms with van der Waals surface area (Å²) in [6.45, 7) is 10.2. The SMILES string of the molecule is CCCCCCC(CCCCCC)[C@H](SSC(C)(C)C)C(F)(F)F. The summed E-state index contributed by atoms with van der Waals surface area (Å²) in [5.41, 5.74) is 0. The van der Waals surface area contributed by atoms with Crippen molar-refractivity contribution in [3.8, 4) is 0 Å². The van der Waals surface area contributed by atoms with Crippen LogP contribution in [0.3, 0.4) is 0 Å². The number of hydrogen-bond donors (Lipinski definition) is 0. The second kappa shape index (κ2) is 12.8. The van der Waals surface area contributed by atoms with E-state index in [0.29, 0.717) is 12.8 Å². The minimum absolute atomic E-state index is 0.150. The predicted molar refractivity (Wildman–Crippen MR) is 106 cm³/mol. The van der Waals surface area contributed by atoms with Gasteiger partial charge in [-0.05, 0) is 18.8 Å². The highest BCUT2D eigenvalue weighted by Crippen LogP contribution is 2.48. The van der Waals surface area contributed by atoms with Gasteiger partial charge in [0.25, 0.3) is 0 Å². The average Bonchev–Trinajstić information content (AvgIpc) is 2.44. The fourth-order valence-corrected chi connectivity index (χ4v) is 5.62. The molecule has 0 aliphatic heterocycles. The zero-order valence-electron chi connectivity index (χ0n) is 16.2. The van der Waals surface area contributed by atoms with Crippen LogP contribution in [-0.4, -0.2) is 16.2 Å². The Labute approximate surface area is 155 Å². The third kappa shape index (κ3) is 12.8. The summed E-state index contributed by atoms with van der Waals surface area (Å²) in [6, 6.07) is 0. The zero-order valence-corrected chi connectivity index (χ0v) is 17.8. The second-order valence-corrected chi connectivity index (χ2v) is 10.9. The summed E-state index contributed by atoms with van der Waals surface area (Å²) in [4.78, 5) is 0. The van der Waals surface area contributed by atoms with Gasteiger partial charge >= 0.3 is 6.18 Å². The van der Waals surface area contributed by atoms with Crippen LogP contribution in [0.1, 0.15) is 98.8 Å². The molecule has 0 unspecified atom stereocenters. The third-order valence-corrected chi connectivity index (χ3v) is 7.88. The summed E-state index contributed by atoms with van der Waals surface area (Å²) in [6.07, 6.45) is 5.81. The lowest BCUT2D eigenvalue weighted by Gasteiger charge is -2.30. The Kier molecular flexibility index (Phi) is 13.0. The van der Waals surface area contributed by atoms with E-state index >= 15 is 0 Å². The molecule has 0 spiro atoms. The lowest BCUT2D eigenvalue weighted by Crippen LogP contribution is -2.33. The average molecular weight is 387 g/mol. The monoisotopic (exact) mass is 386 g/mol. The molecular formula is C19H37F3S2. The number of rotatable bonds is 13. The number of alkyl halides is 3. The molecular weight excluding hydrogens is 349 g/mol. The van der Waals surface area contributed by atoms with Crippen molar-refractivity contribution in [1.29, 1.82) is 0 Å². The first-order valence-electron chi connectivity index (χ1n) is 9.53. The van der Waals surface area contributed by atoms with E-state index in [0.717, 1.165) is 62.2 Å². The molecule has 5 heteroatoms. The standard InChI is InChI=1S/C19H37F3S2/c1-6-8-10-12-14-16(15-13-11-9-7-2)17(19(20,21)22)23-24-18(3,4)5/h16-17H,6-15H2,1-5H3/t17-/m0/s1. The number of hydrogen-bond acceptors (Lipinski definition) is 2. The van der Waals surface area contributed by atoms with E-state index in [2.05, 4.69) is 13.8 Å². The van der Waals surface area contributed by atoms with Gasteiger partial charge in [-0.15, -0.1) is 0 Å². The number of halogens is 3. The molecule has 0 bridgehead atoms. The van der Waals surface area contributed by atoms with Crippen molar-refractivity contribution in [2.75, 3.05) is 0 Å². The molecule has 0 rings (SSSR count). The summed E-state index contributed by atoms with van der Waals surface area (Å²) in [7, 11) is 2.44. The van der Waals surface area contributed by atoms with E-state index in [1.807, 2.05) is 20.8 Å².